The van der Waals surface area contributed by atoms with Crippen LogP contribution in [0.15, 0.2) is 60.8 Å². The Hall–Kier alpha value is -3.78. The van der Waals surface area contributed by atoms with Crippen LogP contribution in [0.3, 0.4) is 0 Å². The number of aliphatic carboxylic acids is 1. The molecule has 0 saturated heterocycles. The van der Waals surface area contributed by atoms with Gasteiger partial charge in [-0.2, -0.15) is 0 Å². The Balaban J connectivity index is 1.31. The molecule has 1 atom stereocenters. The number of rotatable bonds is 7. The Kier molecular flexibility index (Phi) is 6.35. The Bertz CT molecular complexity index is 1590. The highest BCUT2D eigenvalue weighted by molar-refractivity contribution is 7.99. The predicted molar refractivity (Wildman–Crippen MR) is 144 cm³/mol. The molecule has 0 radical (unpaired) electrons. The van der Waals surface area contributed by atoms with Gasteiger partial charge in [0.2, 0.25) is 0 Å². The molecule has 1 aliphatic carbocycles. The highest BCUT2D eigenvalue weighted by Gasteiger charge is 2.45. The van der Waals surface area contributed by atoms with Gasteiger partial charge in [0.15, 0.2) is 11.6 Å². The third-order valence-corrected chi connectivity index (χ3v) is 8.75. The van der Waals surface area contributed by atoms with E-state index in [2.05, 4.69) is 22.1 Å². The summed E-state index contributed by atoms with van der Waals surface area (Å²) in [5.74, 6) is -1.05. The van der Waals surface area contributed by atoms with Crippen LogP contribution in [0, 0.1) is 17.0 Å². The van der Waals surface area contributed by atoms with Crippen LogP contribution in [-0.4, -0.2) is 26.8 Å². The molecule has 1 N–H and O–H groups in total. The molecule has 8 heteroatoms. The van der Waals surface area contributed by atoms with Crippen LogP contribution in [0.4, 0.5) is 8.78 Å². The van der Waals surface area contributed by atoms with Gasteiger partial charge < -0.3 is 9.84 Å². The summed E-state index contributed by atoms with van der Waals surface area (Å²) in [6, 6.07) is 15.7. The van der Waals surface area contributed by atoms with Gasteiger partial charge in [-0.15, -0.1) is 11.8 Å². The number of nitrogens with zero attached hydrogens (tertiary/aromatic N) is 2. The summed E-state index contributed by atoms with van der Waals surface area (Å²) in [6.45, 7) is 0.369. The maximum absolute atomic E-state index is 13.7. The molecule has 0 amide bonds. The summed E-state index contributed by atoms with van der Waals surface area (Å²) in [5.41, 5.74) is 4.77. The highest BCUT2D eigenvalue weighted by Crippen LogP contribution is 2.55. The van der Waals surface area contributed by atoms with Crippen LogP contribution >= 0.6 is 11.8 Å². The van der Waals surface area contributed by atoms with E-state index in [-0.39, 0.29) is 17.1 Å². The van der Waals surface area contributed by atoms with Gasteiger partial charge in [-0.1, -0.05) is 24.3 Å². The number of aromatic nitrogens is 2. The van der Waals surface area contributed by atoms with Crippen molar-refractivity contribution in [3.05, 3.63) is 101 Å². The highest BCUT2D eigenvalue weighted by atomic mass is 32.2. The van der Waals surface area contributed by atoms with E-state index in [9.17, 15) is 18.7 Å². The molecule has 1 unspecified atom stereocenters. The maximum atomic E-state index is 13.7. The number of thioether (sulfide) groups is 1. The maximum Gasteiger partial charge on any atom is 0.303 e. The van der Waals surface area contributed by atoms with E-state index in [0.29, 0.717) is 23.2 Å². The normalized spacial score (nSPS) is 17.5. The largest absolute Gasteiger partial charge is 0.487 e. The quantitative estimate of drug-likeness (QED) is 0.276. The number of pyridine rings is 2. The van der Waals surface area contributed by atoms with Crippen molar-refractivity contribution in [2.75, 3.05) is 5.75 Å². The van der Waals surface area contributed by atoms with Crippen LogP contribution in [0.2, 0.25) is 0 Å². The lowest BCUT2D eigenvalue weighted by atomic mass is 10.0. The number of halogens is 2. The minimum atomic E-state index is -0.925. The zero-order chi connectivity index (χ0) is 26.3. The molecular formula is C30H24F2N2O3S. The van der Waals surface area contributed by atoms with E-state index in [1.54, 1.807) is 30.1 Å². The minimum absolute atomic E-state index is 0.0486. The molecule has 0 spiro atoms. The van der Waals surface area contributed by atoms with Gasteiger partial charge in [0.1, 0.15) is 12.4 Å². The molecular weight excluding hydrogens is 506 g/mol. The molecule has 2 aliphatic rings. The second-order valence-electron chi connectivity index (χ2n) is 9.92. The zero-order valence-electron chi connectivity index (χ0n) is 20.4. The van der Waals surface area contributed by atoms with Crippen molar-refractivity contribution in [3.63, 3.8) is 0 Å². The Morgan fingerprint density at radius 3 is 2.74 bits per heavy atom. The summed E-state index contributed by atoms with van der Waals surface area (Å²) in [7, 11) is 0. The number of carboxylic acids is 1. The van der Waals surface area contributed by atoms with Crippen molar-refractivity contribution in [1.82, 2.24) is 9.97 Å². The van der Waals surface area contributed by atoms with Crippen molar-refractivity contribution in [3.8, 4) is 5.75 Å². The van der Waals surface area contributed by atoms with Crippen molar-refractivity contribution in [1.29, 1.82) is 0 Å². The molecule has 5 nitrogen and oxygen atoms in total. The number of benzene rings is 2. The summed E-state index contributed by atoms with van der Waals surface area (Å²) < 4.78 is 33.4. The van der Waals surface area contributed by atoms with Crippen LogP contribution in [0.5, 0.6) is 5.75 Å². The Labute approximate surface area is 222 Å². The first-order valence-electron chi connectivity index (χ1n) is 12.4. The minimum Gasteiger partial charge on any atom is -0.487 e. The summed E-state index contributed by atoms with van der Waals surface area (Å²) in [4.78, 5) is 20.4. The number of ether oxygens (including phenoxy) is 1. The number of hydrogen-bond donors (Lipinski definition) is 1. The average molecular weight is 531 g/mol. The number of fused-ring (bicyclic) bond motifs is 3. The average Bonchev–Trinajstić information content (AvgIpc) is 3.68. The van der Waals surface area contributed by atoms with E-state index in [1.807, 2.05) is 30.4 Å². The van der Waals surface area contributed by atoms with Crippen LogP contribution in [0.25, 0.3) is 23.1 Å². The van der Waals surface area contributed by atoms with Crippen molar-refractivity contribution in [2.45, 2.75) is 31.1 Å². The topological polar surface area (TPSA) is 72.3 Å². The molecule has 1 fully saturated rings. The second kappa shape index (κ2) is 9.83. The Morgan fingerprint density at radius 2 is 1.92 bits per heavy atom. The first kappa shape index (κ1) is 24.6. The van der Waals surface area contributed by atoms with Gasteiger partial charge in [-0.3, -0.25) is 9.78 Å². The molecule has 38 heavy (non-hydrogen) atoms. The van der Waals surface area contributed by atoms with Gasteiger partial charge in [-0.05, 0) is 65.8 Å². The van der Waals surface area contributed by atoms with Crippen LogP contribution in [0.1, 0.15) is 52.6 Å². The van der Waals surface area contributed by atoms with Gasteiger partial charge in [0.05, 0.1) is 28.6 Å². The first-order valence-corrected chi connectivity index (χ1v) is 13.4. The van der Waals surface area contributed by atoms with Crippen LogP contribution in [-0.2, 0) is 11.4 Å². The molecule has 1 saturated carbocycles. The zero-order valence-corrected chi connectivity index (χ0v) is 21.2. The summed E-state index contributed by atoms with van der Waals surface area (Å²) >= 11 is 1.75. The Morgan fingerprint density at radius 1 is 1.08 bits per heavy atom. The molecule has 2 aromatic heterocycles. The third kappa shape index (κ3) is 5.00. The number of carboxylic acid groups (broad SMARTS) is 1. The summed E-state index contributed by atoms with van der Waals surface area (Å²) in [5, 5.41) is 9.86. The first-order chi connectivity index (χ1) is 18.4. The van der Waals surface area contributed by atoms with Gasteiger partial charge in [0.25, 0.3) is 0 Å². The lowest BCUT2D eigenvalue weighted by Crippen LogP contribution is -2.13. The summed E-state index contributed by atoms with van der Waals surface area (Å²) in [6.07, 6.45) is 7.58. The number of hydrogen-bond acceptors (Lipinski definition) is 5. The van der Waals surface area contributed by atoms with Gasteiger partial charge in [-0.25, -0.2) is 13.8 Å². The lowest BCUT2D eigenvalue weighted by molar-refractivity contribution is -0.138. The monoisotopic (exact) mass is 530 g/mol. The van der Waals surface area contributed by atoms with Crippen LogP contribution < -0.4 is 4.74 Å². The van der Waals surface area contributed by atoms with E-state index in [4.69, 9.17) is 4.74 Å². The fraction of sp³-hybridized carbons (Fsp3) is 0.233. The molecule has 0 bridgehead atoms. The third-order valence-electron chi connectivity index (χ3n) is 7.13. The number of carbonyl (C=O) groups is 1. The SMILES string of the molecule is O=C(O)CC1(CSC2c3cc(C=Cc4ccc5cc(F)c(F)cc5n4)ccc3OCc3ncccc32)CC1. The lowest BCUT2D eigenvalue weighted by Gasteiger charge is -2.21. The molecule has 6 rings (SSSR count). The molecule has 2 aromatic carbocycles. The van der Waals surface area contributed by atoms with Crippen molar-refractivity contribution >= 4 is 40.8 Å². The molecule has 1 aliphatic heterocycles. The van der Waals surface area contributed by atoms with E-state index >= 15 is 0 Å². The van der Waals surface area contributed by atoms with Crippen molar-refractivity contribution in [2.24, 2.45) is 5.41 Å². The fourth-order valence-corrected chi connectivity index (χ4v) is 6.52. The molecule has 192 valence electrons. The second-order valence-corrected chi connectivity index (χ2v) is 11.0. The molecule has 4 aromatic rings. The predicted octanol–water partition coefficient (Wildman–Crippen LogP) is 7.05. The van der Waals surface area contributed by atoms with E-state index in [0.717, 1.165) is 58.9 Å². The standard InChI is InChI=1S/C30H24F2N2O3S/c31-23-13-19-5-7-20(34-25(19)14-24(23)32)6-3-18-4-8-27-22(12-18)29(21-2-1-11-33-26(21)16-37-27)38-17-30(9-10-30)15-28(35)36/h1-8,11-14,29H,9-10,15-17H2,(H,35,36). The van der Waals surface area contributed by atoms with Gasteiger partial charge in [0, 0.05) is 29.0 Å². The van der Waals surface area contributed by atoms with Crippen molar-refractivity contribution < 1.29 is 23.4 Å². The van der Waals surface area contributed by atoms with E-state index in [1.165, 1.54) is 0 Å². The molecule has 3 heterocycles. The van der Waals surface area contributed by atoms with Gasteiger partial charge >= 0.3 is 5.97 Å². The smallest absolute Gasteiger partial charge is 0.303 e. The van der Waals surface area contributed by atoms with E-state index < -0.39 is 17.6 Å². The fourth-order valence-electron chi connectivity index (χ4n) is 4.85.